The van der Waals surface area contributed by atoms with Crippen molar-refractivity contribution in [2.75, 3.05) is 12.4 Å². The van der Waals surface area contributed by atoms with Crippen LogP contribution in [0.25, 0.3) is 6.08 Å². The molecule has 2 rings (SSSR count). The highest BCUT2D eigenvalue weighted by Crippen LogP contribution is 2.27. The largest absolute Gasteiger partial charge is 0.495 e. The fraction of sp³-hybridized carbons (Fsp3) is 0.158. The van der Waals surface area contributed by atoms with Crippen LogP contribution in [-0.2, 0) is 9.59 Å². The molecule has 2 amide bonds. The number of methoxy groups -OCH3 is 1. The second kappa shape index (κ2) is 8.89. The molecule has 130 valence electrons. The predicted octanol–water partition coefficient (Wildman–Crippen LogP) is 3.51. The Morgan fingerprint density at radius 3 is 2.56 bits per heavy atom. The fourth-order valence-electron chi connectivity index (χ4n) is 2.08. The fourth-order valence-corrected chi connectivity index (χ4v) is 2.25. The number of anilines is 1. The zero-order valence-electron chi connectivity index (χ0n) is 14.0. The highest BCUT2D eigenvalue weighted by molar-refractivity contribution is 6.31. The second-order valence-corrected chi connectivity index (χ2v) is 5.74. The molecule has 5 nitrogen and oxygen atoms in total. The monoisotopic (exact) mass is 358 g/mol. The molecule has 0 radical (unpaired) electrons. The molecule has 2 aromatic rings. The molecular formula is C19H19ClN2O3. The van der Waals surface area contributed by atoms with Crippen molar-refractivity contribution >= 4 is 35.2 Å². The lowest BCUT2D eigenvalue weighted by molar-refractivity contribution is -0.123. The zero-order valence-corrected chi connectivity index (χ0v) is 14.7. The lowest BCUT2D eigenvalue weighted by Crippen LogP contribution is -2.40. The normalized spacial score (nSPS) is 11.8. The van der Waals surface area contributed by atoms with E-state index >= 15 is 0 Å². The summed E-state index contributed by atoms with van der Waals surface area (Å²) in [5.41, 5.74) is 1.35. The van der Waals surface area contributed by atoms with E-state index in [4.69, 9.17) is 16.3 Å². The van der Waals surface area contributed by atoms with Crippen molar-refractivity contribution in [3.05, 3.63) is 65.2 Å². The van der Waals surface area contributed by atoms with Gasteiger partial charge in [0.25, 0.3) is 0 Å². The number of benzene rings is 2. The van der Waals surface area contributed by atoms with Gasteiger partial charge in [0.1, 0.15) is 11.8 Å². The van der Waals surface area contributed by atoms with E-state index in [1.165, 1.54) is 13.2 Å². The maximum atomic E-state index is 12.3. The van der Waals surface area contributed by atoms with Crippen LogP contribution >= 0.6 is 11.6 Å². The molecule has 0 aliphatic heterocycles. The maximum absolute atomic E-state index is 12.3. The van der Waals surface area contributed by atoms with Crippen molar-refractivity contribution < 1.29 is 14.3 Å². The summed E-state index contributed by atoms with van der Waals surface area (Å²) < 4.78 is 5.18. The minimum absolute atomic E-state index is 0.357. The summed E-state index contributed by atoms with van der Waals surface area (Å²) >= 11 is 5.93. The molecule has 0 saturated heterocycles. The third kappa shape index (κ3) is 5.65. The average Bonchev–Trinajstić information content (AvgIpc) is 2.61. The van der Waals surface area contributed by atoms with Crippen LogP contribution in [0, 0.1) is 0 Å². The van der Waals surface area contributed by atoms with E-state index in [0.29, 0.717) is 16.5 Å². The molecule has 0 fully saturated rings. The van der Waals surface area contributed by atoms with Gasteiger partial charge < -0.3 is 15.4 Å². The quantitative estimate of drug-likeness (QED) is 0.776. The van der Waals surface area contributed by atoms with Gasteiger partial charge in [-0.1, -0.05) is 41.9 Å². The minimum atomic E-state index is -0.725. The molecule has 2 N–H and O–H groups in total. The van der Waals surface area contributed by atoms with E-state index in [2.05, 4.69) is 10.6 Å². The average molecular weight is 359 g/mol. The lowest BCUT2D eigenvalue weighted by Gasteiger charge is -2.15. The Morgan fingerprint density at radius 1 is 1.16 bits per heavy atom. The van der Waals surface area contributed by atoms with Gasteiger partial charge in [0, 0.05) is 11.1 Å². The van der Waals surface area contributed by atoms with Crippen LogP contribution in [0.15, 0.2) is 54.6 Å². The van der Waals surface area contributed by atoms with E-state index in [1.54, 1.807) is 31.2 Å². The molecule has 0 aliphatic carbocycles. The molecule has 0 aromatic heterocycles. The summed E-state index contributed by atoms with van der Waals surface area (Å²) in [6.45, 7) is 1.60. The van der Waals surface area contributed by atoms with Crippen LogP contribution in [0.5, 0.6) is 5.75 Å². The first-order chi connectivity index (χ1) is 12.0. The Morgan fingerprint density at radius 2 is 1.88 bits per heavy atom. The Labute approximate surface area is 151 Å². The number of nitrogens with one attached hydrogen (secondary N) is 2. The number of amides is 2. The van der Waals surface area contributed by atoms with Crippen molar-refractivity contribution in [2.45, 2.75) is 13.0 Å². The van der Waals surface area contributed by atoms with Crippen LogP contribution in [-0.4, -0.2) is 25.0 Å². The van der Waals surface area contributed by atoms with Gasteiger partial charge in [0.05, 0.1) is 12.8 Å². The van der Waals surface area contributed by atoms with Crippen molar-refractivity contribution in [1.82, 2.24) is 5.32 Å². The summed E-state index contributed by atoms with van der Waals surface area (Å²) in [4.78, 5) is 24.2. The number of carbonyl (C=O) groups excluding carboxylic acids is 2. The molecule has 0 heterocycles. The highest BCUT2D eigenvalue weighted by atomic mass is 35.5. The van der Waals surface area contributed by atoms with Gasteiger partial charge in [0.2, 0.25) is 11.8 Å². The molecule has 6 heteroatoms. The summed E-state index contributed by atoms with van der Waals surface area (Å²) in [7, 11) is 1.50. The lowest BCUT2D eigenvalue weighted by atomic mass is 10.2. The number of rotatable bonds is 6. The van der Waals surface area contributed by atoms with Crippen molar-refractivity contribution in [3.63, 3.8) is 0 Å². The first-order valence-electron chi connectivity index (χ1n) is 7.67. The third-order valence-corrected chi connectivity index (χ3v) is 3.63. The van der Waals surface area contributed by atoms with E-state index in [-0.39, 0.29) is 11.8 Å². The van der Waals surface area contributed by atoms with Crippen LogP contribution in [0.4, 0.5) is 5.69 Å². The number of carbonyl (C=O) groups is 2. The van der Waals surface area contributed by atoms with Gasteiger partial charge in [-0.25, -0.2) is 0 Å². The van der Waals surface area contributed by atoms with Crippen LogP contribution in [0.1, 0.15) is 12.5 Å². The molecular weight excluding hydrogens is 340 g/mol. The molecule has 25 heavy (non-hydrogen) atoms. The van der Waals surface area contributed by atoms with E-state index in [1.807, 2.05) is 30.3 Å². The Balaban J connectivity index is 1.95. The minimum Gasteiger partial charge on any atom is -0.495 e. The van der Waals surface area contributed by atoms with Crippen LogP contribution < -0.4 is 15.4 Å². The van der Waals surface area contributed by atoms with Gasteiger partial charge >= 0.3 is 0 Å². The summed E-state index contributed by atoms with van der Waals surface area (Å²) in [6.07, 6.45) is 3.07. The van der Waals surface area contributed by atoms with Gasteiger partial charge in [-0.15, -0.1) is 0 Å². The number of ether oxygens (including phenoxy) is 1. The molecule has 0 saturated carbocycles. The van der Waals surface area contributed by atoms with Gasteiger partial charge in [-0.05, 0) is 36.8 Å². The van der Waals surface area contributed by atoms with Crippen LogP contribution in [0.2, 0.25) is 5.02 Å². The topological polar surface area (TPSA) is 67.4 Å². The summed E-state index contributed by atoms with van der Waals surface area (Å²) in [5, 5.41) is 5.78. The second-order valence-electron chi connectivity index (χ2n) is 5.31. The van der Waals surface area contributed by atoms with E-state index < -0.39 is 6.04 Å². The molecule has 0 spiro atoms. The van der Waals surface area contributed by atoms with Gasteiger partial charge in [-0.3, -0.25) is 9.59 Å². The smallest absolute Gasteiger partial charge is 0.246 e. The maximum Gasteiger partial charge on any atom is 0.246 e. The first-order valence-corrected chi connectivity index (χ1v) is 8.05. The summed E-state index contributed by atoms with van der Waals surface area (Å²) in [5.74, 6) is -0.244. The number of hydrogen-bond acceptors (Lipinski definition) is 3. The third-order valence-electron chi connectivity index (χ3n) is 3.40. The molecule has 0 bridgehead atoms. The van der Waals surface area contributed by atoms with Crippen LogP contribution in [0.3, 0.4) is 0 Å². The Kier molecular flexibility index (Phi) is 6.60. The van der Waals surface area contributed by atoms with E-state index in [0.717, 1.165) is 5.56 Å². The number of halogens is 1. The Hall–Kier alpha value is -2.79. The SMILES string of the molecule is COc1ccc(Cl)cc1NC(=O)C(C)NC(=O)/C=C/c1ccccc1. The number of hydrogen-bond donors (Lipinski definition) is 2. The predicted molar refractivity (Wildman–Crippen MR) is 99.7 cm³/mol. The van der Waals surface area contributed by atoms with Crippen molar-refractivity contribution in [3.8, 4) is 5.75 Å². The molecule has 0 aliphatic rings. The molecule has 1 unspecified atom stereocenters. The molecule has 1 atom stereocenters. The highest BCUT2D eigenvalue weighted by Gasteiger charge is 2.16. The van der Waals surface area contributed by atoms with E-state index in [9.17, 15) is 9.59 Å². The van der Waals surface area contributed by atoms with Crippen molar-refractivity contribution in [2.24, 2.45) is 0 Å². The van der Waals surface area contributed by atoms with Gasteiger partial charge in [-0.2, -0.15) is 0 Å². The first kappa shape index (κ1) is 18.5. The molecule has 2 aromatic carbocycles. The Bertz CT molecular complexity index is 775. The van der Waals surface area contributed by atoms with Gasteiger partial charge in [0.15, 0.2) is 0 Å². The standard InChI is InChI=1S/C19H19ClN2O3/c1-13(21-18(23)11-8-14-6-4-3-5-7-14)19(24)22-16-12-15(20)9-10-17(16)25-2/h3-13H,1-2H3,(H,21,23)(H,22,24)/b11-8+. The zero-order chi connectivity index (χ0) is 18.2. The summed E-state index contributed by atoms with van der Waals surface area (Å²) in [6, 6.07) is 13.6. The van der Waals surface area contributed by atoms with Crippen molar-refractivity contribution in [1.29, 1.82) is 0 Å².